The Hall–Kier alpha value is -0.180. The van der Waals surface area contributed by atoms with Gasteiger partial charge in [0.1, 0.15) is 0 Å². The van der Waals surface area contributed by atoms with Gasteiger partial charge in [-0.1, -0.05) is 13.3 Å². The van der Waals surface area contributed by atoms with Crippen molar-refractivity contribution in [1.29, 1.82) is 0 Å². The molecule has 0 aromatic rings. The van der Waals surface area contributed by atoms with Crippen molar-refractivity contribution < 1.29 is 16.8 Å². The molecular weight excluding hydrogens is 264 g/mol. The molecule has 1 saturated heterocycles. The molecule has 17 heavy (non-hydrogen) atoms. The van der Waals surface area contributed by atoms with Gasteiger partial charge in [-0.25, -0.2) is 8.42 Å². The molecule has 0 radical (unpaired) electrons. The Labute approximate surface area is 103 Å². The minimum atomic E-state index is -3.55. The highest BCUT2D eigenvalue weighted by Crippen LogP contribution is 2.13. The van der Waals surface area contributed by atoms with Crippen LogP contribution in [0.5, 0.6) is 0 Å². The minimum Gasteiger partial charge on any atom is -0.229 e. The molecule has 0 spiro atoms. The quantitative estimate of drug-likeness (QED) is 0.728. The second-order valence-electron chi connectivity index (χ2n) is 4.40. The number of hydrogen-bond donors (Lipinski definition) is 1. The zero-order chi connectivity index (χ0) is 13.1. The molecule has 1 heterocycles. The summed E-state index contributed by atoms with van der Waals surface area (Å²) in [7, 11) is -5.10. The minimum absolute atomic E-state index is 0.0683. The number of unbranched alkanes of at least 4 members (excludes halogenated alkanes) is 1. The molecule has 1 aliphatic rings. The lowest BCUT2D eigenvalue weighted by molar-refractivity contribution is 0.441. The van der Waals surface area contributed by atoms with Crippen molar-refractivity contribution in [3.63, 3.8) is 0 Å². The lowest BCUT2D eigenvalue weighted by Gasteiger charge is -2.19. The molecule has 1 rings (SSSR count). The molecule has 1 N–H and O–H groups in total. The van der Waals surface area contributed by atoms with Crippen LogP contribution in [0.25, 0.3) is 0 Å². The molecule has 0 aromatic carbocycles. The molecular formula is C9H20N2O4S2. The van der Waals surface area contributed by atoms with Crippen LogP contribution in [-0.2, 0) is 20.0 Å². The molecule has 0 saturated carbocycles. The molecule has 1 unspecified atom stereocenters. The van der Waals surface area contributed by atoms with E-state index in [1.807, 2.05) is 6.92 Å². The molecule has 6 nitrogen and oxygen atoms in total. The number of sulfone groups is 1. The fourth-order valence-corrected chi connectivity index (χ4v) is 4.64. The number of nitrogens with zero attached hydrogens (tertiary/aromatic N) is 1. The average Bonchev–Trinajstić information content (AvgIpc) is 2.53. The normalized spacial score (nSPS) is 24.3. The smallest absolute Gasteiger partial charge is 0.229 e. The van der Waals surface area contributed by atoms with Crippen LogP contribution in [0.3, 0.4) is 0 Å². The Bertz CT molecular complexity index is 444. The first kappa shape index (κ1) is 14.9. The van der Waals surface area contributed by atoms with E-state index < -0.39 is 26.1 Å². The first-order valence-electron chi connectivity index (χ1n) is 5.71. The van der Waals surface area contributed by atoms with E-state index in [0.29, 0.717) is 13.0 Å². The van der Waals surface area contributed by atoms with Crippen LogP contribution in [0.15, 0.2) is 0 Å². The van der Waals surface area contributed by atoms with E-state index in [1.165, 1.54) is 11.4 Å². The SMILES string of the molecule is CCCCN(C)S(=O)(=O)NC1CCS(=O)(=O)C1. The lowest BCUT2D eigenvalue weighted by Crippen LogP contribution is -2.44. The number of hydrogen-bond acceptors (Lipinski definition) is 4. The summed E-state index contributed by atoms with van der Waals surface area (Å²) in [6.45, 7) is 2.43. The fourth-order valence-electron chi connectivity index (χ4n) is 1.69. The van der Waals surface area contributed by atoms with Gasteiger partial charge < -0.3 is 0 Å². The van der Waals surface area contributed by atoms with Gasteiger partial charge in [-0.15, -0.1) is 0 Å². The predicted molar refractivity (Wildman–Crippen MR) is 66.7 cm³/mol. The molecule has 1 fully saturated rings. The average molecular weight is 284 g/mol. The molecule has 0 amide bonds. The molecule has 1 aliphatic heterocycles. The number of nitrogens with one attached hydrogen (secondary N) is 1. The summed E-state index contributed by atoms with van der Waals surface area (Å²) in [5.74, 6) is -0.0211. The third-order valence-corrected chi connectivity index (χ3v) is 6.19. The fraction of sp³-hybridized carbons (Fsp3) is 1.00. The summed E-state index contributed by atoms with van der Waals surface area (Å²) in [6.07, 6.45) is 2.07. The van der Waals surface area contributed by atoms with Gasteiger partial charge in [0.2, 0.25) is 0 Å². The first-order valence-corrected chi connectivity index (χ1v) is 8.97. The van der Waals surface area contributed by atoms with Gasteiger partial charge in [0.05, 0.1) is 11.5 Å². The van der Waals surface area contributed by atoms with Gasteiger partial charge in [0.15, 0.2) is 9.84 Å². The summed E-state index contributed by atoms with van der Waals surface area (Å²) >= 11 is 0. The second-order valence-corrected chi connectivity index (χ2v) is 8.44. The molecule has 0 aromatic heterocycles. The van der Waals surface area contributed by atoms with Gasteiger partial charge in [-0.05, 0) is 12.8 Å². The Morgan fingerprint density at radius 2 is 2.06 bits per heavy atom. The van der Waals surface area contributed by atoms with Gasteiger partial charge in [0, 0.05) is 19.6 Å². The summed E-state index contributed by atoms with van der Waals surface area (Å²) in [6, 6.07) is -0.478. The van der Waals surface area contributed by atoms with Gasteiger partial charge >= 0.3 is 0 Å². The van der Waals surface area contributed by atoms with Crippen LogP contribution in [-0.4, -0.2) is 52.3 Å². The maximum Gasteiger partial charge on any atom is 0.279 e. The van der Waals surface area contributed by atoms with Crippen LogP contribution in [0.4, 0.5) is 0 Å². The van der Waals surface area contributed by atoms with E-state index in [4.69, 9.17) is 0 Å². The summed E-state index contributed by atoms with van der Waals surface area (Å²) in [5.41, 5.74) is 0. The van der Waals surface area contributed by atoms with Gasteiger partial charge in [-0.2, -0.15) is 17.4 Å². The van der Waals surface area contributed by atoms with Crippen LogP contribution in [0, 0.1) is 0 Å². The molecule has 102 valence electrons. The Morgan fingerprint density at radius 3 is 2.53 bits per heavy atom. The van der Waals surface area contributed by atoms with Gasteiger partial charge in [-0.3, -0.25) is 0 Å². The highest BCUT2D eigenvalue weighted by atomic mass is 32.2. The highest BCUT2D eigenvalue weighted by Gasteiger charge is 2.31. The van der Waals surface area contributed by atoms with E-state index in [2.05, 4.69) is 4.72 Å². The van der Waals surface area contributed by atoms with Crippen molar-refractivity contribution in [1.82, 2.24) is 9.03 Å². The second kappa shape index (κ2) is 5.64. The van der Waals surface area contributed by atoms with Crippen molar-refractivity contribution in [2.24, 2.45) is 0 Å². The van der Waals surface area contributed by atoms with E-state index in [-0.39, 0.29) is 11.5 Å². The maximum atomic E-state index is 11.8. The topological polar surface area (TPSA) is 83.6 Å². The monoisotopic (exact) mass is 284 g/mol. The maximum absolute atomic E-state index is 11.8. The van der Waals surface area contributed by atoms with Gasteiger partial charge in [0.25, 0.3) is 10.2 Å². The van der Waals surface area contributed by atoms with Crippen LogP contribution in [0.2, 0.25) is 0 Å². The third-order valence-electron chi connectivity index (χ3n) is 2.78. The van der Waals surface area contributed by atoms with Crippen LogP contribution >= 0.6 is 0 Å². The van der Waals surface area contributed by atoms with Crippen molar-refractivity contribution in [3.05, 3.63) is 0 Å². The van der Waals surface area contributed by atoms with E-state index in [1.54, 1.807) is 0 Å². The van der Waals surface area contributed by atoms with E-state index >= 15 is 0 Å². The largest absolute Gasteiger partial charge is 0.279 e. The lowest BCUT2D eigenvalue weighted by atomic mass is 10.3. The Morgan fingerprint density at radius 1 is 1.41 bits per heavy atom. The first-order chi connectivity index (χ1) is 7.77. The van der Waals surface area contributed by atoms with Crippen LogP contribution in [0.1, 0.15) is 26.2 Å². The summed E-state index contributed by atoms with van der Waals surface area (Å²) in [5, 5.41) is 0. The predicted octanol–water partition coefficient (Wildman–Crippen LogP) is -0.260. The molecule has 0 bridgehead atoms. The van der Waals surface area contributed by atoms with E-state index in [0.717, 1.165) is 12.8 Å². The highest BCUT2D eigenvalue weighted by molar-refractivity contribution is 7.91. The zero-order valence-corrected chi connectivity index (χ0v) is 11.8. The standard InChI is InChI=1S/C9H20N2O4S2/c1-3-4-6-11(2)17(14,15)10-9-5-7-16(12,13)8-9/h9-10H,3-8H2,1-2H3. The molecule has 0 aliphatic carbocycles. The summed E-state index contributed by atoms with van der Waals surface area (Å²) in [4.78, 5) is 0. The molecule has 8 heteroatoms. The van der Waals surface area contributed by atoms with Crippen molar-refractivity contribution in [2.45, 2.75) is 32.2 Å². The molecule has 1 atom stereocenters. The summed E-state index contributed by atoms with van der Waals surface area (Å²) < 4.78 is 49.8. The Kier molecular flexibility index (Phi) is 4.94. The zero-order valence-electron chi connectivity index (χ0n) is 10.2. The van der Waals surface area contributed by atoms with Crippen molar-refractivity contribution in [2.75, 3.05) is 25.1 Å². The Balaban J connectivity index is 2.55. The van der Waals surface area contributed by atoms with Crippen molar-refractivity contribution in [3.8, 4) is 0 Å². The van der Waals surface area contributed by atoms with E-state index in [9.17, 15) is 16.8 Å². The van der Waals surface area contributed by atoms with Crippen molar-refractivity contribution >= 4 is 20.0 Å². The van der Waals surface area contributed by atoms with Crippen LogP contribution < -0.4 is 4.72 Å². The number of rotatable bonds is 6. The third kappa shape index (κ3) is 4.53.